The summed E-state index contributed by atoms with van der Waals surface area (Å²) in [5, 5.41) is 0.247. The van der Waals surface area contributed by atoms with Gasteiger partial charge in [0.1, 0.15) is 11.1 Å². The van der Waals surface area contributed by atoms with E-state index in [1.54, 1.807) is 12.1 Å². The van der Waals surface area contributed by atoms with E-state index in [-0.39, 0.29) is 11.3 Å². The van der Waals surface area contributed by atoms with Gasteiger partial charge in [0, 0.05) is 0 Å². The molecule has 4 nitrogen and oxygen atoms in total. The van der Waals surface area contributed by atoms with Gasteiger partial charge in [-0.15, -0.1) is 0 Å². The number of carbonyl (C=O) groups excluding carboxylic acids is 2. The smallest absolute Gasteiger partial charge is 0.316 e. The highest BCUT2D eigenvalue weighted by Crippen LogP contribution is 2.16. The highest BCUT2D eigenvalue weighted by Gasteiger charge is 2.01. The molecule has 0 atom stereocenters. The van der Waals surface area contributed by atoms with Crippen LogP contribution in [0.15, 0.2) is 24.3 Å². The quantitative estimate of drug-likeness (QED) is 0.283. The van der Waals surface area contributed by atoms with Crippen LogP contribution in [-0.4, -0.2) is 30.8 Å². The van der Waals surface area contributed by atoms with Crippen molar-refractivity contribution in [3.63, 3.8) is 0 Å². The molecule has 0 bridgehead atoms. The van der Waals surface area contributed by atoms with Crippen molar-refractivity contribution < 1.29 is 19.1 Å². The van der Waals surface area contributed by atoms with Gasteiger partial charge < -0.3 is 9.47 Å². The number of halogens is 1. The molecular weight excluding hydrogens is 324 g/mol. The summed E-state index contributed by atoms with van der Waals surface area (Å²) in [4.78, 5) is 21.6. The van der Waals surface area contributed by atoms with Crippen LogP contribution in [0.5, 0.6) is 5.75 Å². The summed E-state index contributed by atoms with van der Waals surface area (Å²) >= 11 is 3.04. The van der Waals surface area contributed by atoms with Gasteiger partial charge >= 0.3 is 5.97 Å². The fourth-order valence-corrected chi connectivity index (χ4v) is 1.84. The first-order valence-corrected chi connectivity index (χ1v) is 7.78. The lowest BCUT2D eigenvalue weighted by Gasteiger charge is -2.08. The SMILES string of the molecule is O=Cc1ccccc1OCCCCCCOC(=O)CBr. The van der Waals surface area contributed by atoms with Gasteiger partial charge in [0.2, 0.25) is 0 Å². The molecule has 5 heteroatoms. The molecule has 110 valence electrons. The fourth-order valence-electron chi connectivity index (χ4n) is 1.67. The molecule has 0 unspecified atom stereocenters. The van der Waals surface area contributed by atoms with Crippen molar-refractivity contribution in [2.24, 2.45) is 0 Å². The van der Waals surface area contributed by atoms with Crippen molar-refractivity contribution in [1.29, 1.82) is 0 Å². The number of unbranched alkanes of at least 4 members (excludes halogenated alkanes) is 3. The normalized spacial score (nSPS) is 10.1. The van der Waals surface area contributed by atoms with Crippen LogP contribution in [0.25, 0.3) is 0 Å². The Bertz CT molecular complexity index is 420. The van der Waals surface area contributed by atoms with E-state index in [1.807, 2.05) is 12.1 Å². The fraction of sp³-hybridized carbons (Fsp3) is 0.467. The number of aldehydes is 1. The summed E-state index contributed by atoms with van der Waals surface area (Å²) in [5.74, 6) is 0.410. The Morgan fingerprint density at radius 1 is 1.10 bits per heavy atom. The molecular formula is C15H19BrO4. The summed E-state index contributed by atoms with van der Waals surface area (Å²) in [7, 11) is 0. The second-order valence-corrected chi connectivity index (χ2v) is 4.83. The second kappa shape index (κ2) is 10.4. The molecule has 1 aromatic carbocycles. The van der Waals surface area contributed by atoms with Crippen LogP contribution in [0.4, 0.5) is 0 Å². The van der Waals surface area contributed by atoms with E-state index in [2.05, 4.69) is 15.9 Å². The minimum Gasteiger partial charge on any atom is -0.493 e. The zero-order valence-electron chi connectivity index (χ0n) is 11.3. The highest BCUT2D eigenvalue weighted by atomic mass is 79.9. The number of hydrogen-bond donors (Lipinski definition) is 0. The molecule has 0 aliphatic carbocycles. The molecule has 0 saturated heterocycles. The number of ether oxygens (including phenoxy) is 2. The summed E-state index contributed by atoms with van der Waals surface area (Å²) in [6.45, 7) is 1.06. The van der Waals surface area contributed by atoms with Crippen LogP contribution in [0, 0.1) is 0 Å². The Kier molecular flexibility index (Phi) is 8.71. The first-order valence-electron chi connectivity index (χ1n) is 6.66. The number of benzene rings is 1. The molecule has 0 fully saturated rings. The van der Waals surface area contributed by atoms with Crippen LogP contribution in [0.2, 0.25) is 0 Å². The predicted molar refractivity (Wildman–Crippen MR) is 80.5 cm³/mol. The molecule has 0 aliphatic rings. The van der Waals surface area contributed by atoms with Crippen LogP contribution >= 0.6 is 15.9 Å². The summed E-state index contributed by atoms with van der Waals surface area (Å²) in [6, 6.07) is 7.19. The van der Waals surface area contributed by atoms with Gasteiger partial charge in [-0.1, -0.05) is 28.1 Å². The number of para-hydroxylation sites is 1. The lowest BCUT2D eigenvalue weighted by Crippen LogP contribution is -2.06. The van der Waals surface area contributed by atoms with Crippen molar-refractivity contribution in [1.82, 2.24) is 0 Å². The molecule has 1 aromatic rings. The largest absolute Gasteiger partial charge is 0.493 e. The van der Waals surface area contributed by atoms with E-state index in [0.29, 0.717) is 24.5 Å². The van der Waals surface area contributed by atoms with Crippen LogP contribution < -0.4 is 4.74 Å². The lowest BCUT2D eigenvalue weighted by molar-refractivity contribution is -0.140. The van der Waals surface area contributed by atoms with Crippen LogP contribution in [0.3, 0.4) is 0 Å². The Morgan fingerprint density at radius 3 is 2.50 bits per heavy atom. The summed E-state index contributed by atoms with van der Waals surface area (Å²) in [5.41, 5.74) is 0.578. The predicted octanol–water partition coefficient (Wildman–Crippen LogP) is 3.38. The van der Waals surface area contributed by atoms with Crippen molar-refractivity contribution >= 4 is 28.2 Å². The van der Waals surface area contributed by atoms with Gasteiger partial charge in [0.25, 0.3) is 0 Å². The van der Waals surface area contributed by atoms with E-state index < -0.39 is 0 Å². The van der Waals surface area contributed by atoms with Crippen molar-refractivity contribution in [3.8, 4) is 5.75 Å². The number of carbonyl (C=O) groups is 2. The van der Waals surface area contributed by atoms with Gasteiger partial charge in [-0.05, 0) is 37.8 Å². The molecule has 0 aromatic heterocycles. The van der Waals surface area contributed by atoms with Crippen molar-refractivity contribution in [2.75, 3.05) is 18.5 Å². The molecule has 0 radical (unpaired) electrons. The second-order valence-electron chi connectivity index (χ2n) is 4.27. The van der Waals surface area contributed by atoms with Gasteiger partial charge in [-0.2, -0.15) is 0 Å². The van der Waals surface area contributed by atoms with E-state index in [9.17, 15) is 9.59 Å². The first-order chi connectivity index (χ1) is 9.77. The Hall–Kier alpha value is -1.36. The maximum atomic E-state index is 10.8. The van der Waals surface area contributed by atoms with E-state index in [0.717, 1.165) is 32.0 Å². The molecule has 0 N–H and O–H groups in total. The average Bonchev–Trinajstić information content (AvgIpc) is 2.49. The standard InChI is InChI=1S/C15H19BrO4/c16-11-15(18)20-10-6-2-1-5-9-19-14-8-4-3-7-13(14)12-17/h3-4,7-8,12H,1-2,5-6,9-11H2. The van der Waals surface area contributed by atoms with Gasteiger partial charge in [-0.3, -0.25) is 9.59 Å². The molecule has 0 amide bonds. The number of rotatable bonds is 10. The third-order valence-corrected chi connectivity index (χ3v) is 3.17. The topological polar surface area (TPSA) is 52.6 Å². The first kappa shape index (κ1) is 16.7. The molecule has 20 heavy (non-hydrogen) atoms. The zero-order valence-corrected chi connectivity index (χ0v) is 12.9. The average molecular weight is 343 g/mol. The number of alkyl halides is 1. The third-order valence-electron chi connectivity index (χ3n) is 2.71. The zero-order chi connectivity index (χ0) is 14.6. The highest BCUT2D eigenvalue weighted by molar-refractivity contribution is 9.09. The summed E-state index contributed by atoms with van der Waals surface area (Å²) in [6.07, 6.45) is 4.58. The third kappa shape index (κ3) is 6.70. The van der Waals surface area contributed by atoms with E-state index in [1.165, 1.54) is 0 Å². The monoisotopic (exact) mass is 342 g/mol. The molecule has 0 heterocycles. The maximum absolute atomic E-state index is 10.8. The van der Waals surface area contributed by atoms with E-state index >= 15 is 0 Å². The van der Waals surface area contributed by atoms with Crippen LogP contribution in [-0.2, 0) is 9.53 Å². The van der Waals surface area contributed by atoms with Crippen LogP contribution in [0.1, 0.15) is 36.0 Å². The van der Waals surface area contributed by atoms with Crippen molar-refractivity contribution in [2.45, 2.75) is 25.7 Å². The number of esters is 1. The molecule has 1 rings (SSSR count). The molecule has 0 aliphatic heterocycles. The summed E-state index contributed by atoms with van der Waals surface area (Å²) < 4.78 is 10.5. The lowest BCUT2D eigenvalue weighted by atomic mass is 10.2. The number of hydrogen-bond acceptors (Lipinski definition) is 4. The minimum atomic E-state index is -0.223. The van der Waals surface area contributed by atoms with Crippen molar-refractivity contribution in [3.05, 3.63) is 29.8 Å². The minimum absolute atomic E-state index is 0.223. The Labute approximate surface area is 127 Å². The van der Waals surface area contributed by atoms with E-state index in [4.69, 9.17) is 9.47 Å². The maximum Gasteiger partial charge on any atom is 0.316 e. The van der Waals surface area contributed by atoms with Gasteiger partial charge in [-0.25, -0.2) is 0 Å². The van der Waals surface area contributed by atoms with Gasteiger partial charge in [0.15, 0.2) is 6.29 Å². The molecule has 0 spiro atoms. The Morgan fingerprint density at radius 2 is 1.80 bits per heavy atom. The Balaban J connectivity index is 2.05. The van der Waals surface area contributed by atoms with Gasteiger partial charge in [0.05, 0.1) is 18.8 Å². The molecule has 0 saturated carbocycles.